The van der Waals surface area contributed by atoms with E-state index in [2.05, 4.69) is 24.1 Å². The molecule has 8 heteroatoms. The van der Waals surface area contributed by atoms with Gasteiger partial charge >= 0.3 is 5.97 Å². The van der Waals surface area contributed by atoms with E-state index in [4.69, 9.17) is 4.74 Å². The van der Waals surface area contributed by atoms with Crippen molar-refractivity contribution in [1.82, 2.24) is 14.4 Å². The largest absolute Gasteiger partial charge is 0.461 e. The molecule has 0 saturated heterocycles. The average molecular weight is 553 g/mol. The molecule has 2 amide bonds. The Bertz CT molecular complexity index is 1570. The van der Waals surface area contributed by atoms with Gasteiger partial charge in [0, 0.05) is 54.6 Å². The fourth-order valence-electron chi connectivity index (χ4n) is 5.75. The summed E-state index contributed by atoms with van der Waals surface area (Å²) in [7, 11) is 3.72. The minimum Gasteiger partial charge on any atom is -0.461 e. The van der Waals surface area contributed by atoms with Crippen molar-refractivity contribution in [2.45, 2.75) is 25.8 Å². The zero-order valence-corrected chi connectivity index (χ0v) is 24.0. The van der Waals surface area contributed by atoms with Crippen LogP contribution in [0.15, 0.2) is 79.0 Å². The van der Waals surface area contributed by atoms with E-state index in [-0.39, 0.29) is 11.8 Å². The molecule has 0 spiro atoms. The Morgan fingerprint density at radius 2 is 1.59 bits per heavy atom. The number of hydrogen-bond acceptors (Lipinski definition) is 5. The number of para-hydroxylation sites is 1. The first kappa shape index (κ1) is 28.1. The fraction of sp³-hybridized carbons (Fsp3) is 0.303. The molecule has 2 heterocycles. The van der Waals surface area contributed by atoms with Crippen molar-refractivity contribution in [3.8, 4) is 0 Å². The third-order valence-electron chi connectivity index (χ3n) is 8.03. The predicted molar refractivity (Wildman–Crippen MR) is 160 cm³/mol. The van der Waals surface area contributed by atoms with Gasteiger partial charge in [-0.2, -0.15) is 0 Å². The summed E-state index contributed by atoms with van der Waals surface area (Å²) in [6.07, 6.45) is 2.01. The molecule has 1 aliphatic heterocycles. The van der Waals surface area contributed by atoms with Crippen molar-refractivity contribution in [1.29, 1.82) is 0 Å². The molecule has 0 bridgehead atoms. The number of esters is 1. The van der Waals surface area contributed by atoms with Crippen LogP contribution in [0.2, 0.25) is 0 Å². The number of nitrogens with zero attached hydrogens (tertiary/aromatic N) is 3. The second kappa shape index (κ2) is 12.0. The minimum absolute atomic E-state index is 0.119. The van der Waals surface area contributed by atoms with Crippen LogP contribution in [0.3, 0.4) is 0 Å². The molecule has 8 nitrogen and oxygen atoms in total. The predicted octanol–water partition coefficient (Wildman–Crippen LogP) is 5.23. The zero-order chi connectivity index (χ0) is 29.1. The molecule has 2 atom stereocenters. The number of amides is 2. The number of nitrogens with one attached hydrogen (secondary N) is 1. The number of rotatable bonds is 9. The summed E-state index contributed by atoms with van der Waals surface area (Å²) in [5, 5.41) is 4.04. The van der Waals surface area contributed by atoms with Crippen molar-refractivity contribution in [2.24, 2.45) is 7.05 Å². The van der Waals surface area contributed by atoms with Crippen LogP contribution in [-0.2, 0) is 16.6 Å². The summed E-state index contributed by atoms with van der Waals surface area (Å²) >= 11 is 0. The van der Waals surface area contributed by atoms with Crippen LogP contribution in [-0.4, -0.2) is 65.4 Å². The summed E-state index contributed by atoms with van der Waals surface area (Å²) in [5.41, 5.74) is 4.14. The highest BCUT2D eigenvalue weighted by molar-refractivity contribution is 6.05. The summed E-state index contributed by atoms with van der Waals surface area (Å²) < 4.78 is 7.46. The number of fused-ring (bicyclic) bond motifs is 2. The smallest absolute Gasteiger partial charge is 0.338 e. The Hall–Kier alpha value is -4.43. The van der Waals surface area contributed by atoms with Crippen molar-refractivity contribution < 1.29 is 19.1 Å². The molecule has 0 saturated carbocycles. The Morgan fingerprint density at radius 1 is 0.902 bits per heavy atom. The lowest BCUT2D eigenvalue weighted by molar-refractivity contribution is -0.119. The zero-order valence-electron chi connectivity index (χ0n) is 24.0. The van der Waals surface area contributed by atoms with E-state index in [1.165, 1.54) is 0 Å². The Balaban J connectivity index is 1.41. The van der Waals surface area contributed by atoms with Crippen LogP contribution in [0.5, 0.6) is 0 Å². The van der Waals surface area contributed by atoms with Gasteiger partial charge in [-0.25, -0.2) is 4.79 Å². The number of benzene rings is 3. The third kappa shape index (κ3) is 5.47. The van der Waals surface area contributed by atoms with Gasteiger partial charge in [0.2, 0.25) is 5.91 Å². The van der Waals surface area contributed by atoms with E-state index in [0.29, 0.717) is 35.5 Å². The molecule has 2 unspecified atom stereocenters. The molecule has 41 heavy (non-hydrogen) atoms. The molecule has 1 aromatic heterocycles. The van der Waals surface area contributed by atoms with Crippen molar-refractivity contribution in [3.63, 3.8) is 0 Å². The molecule has 4 aromatic rings. The highest BCUT2D eigenvalue weighted by Crippen LogP contribution is 2.44. The molecule has 0 fully saturated rings. The monoisotopic (exact) mass is 552 g/mol. The minimum atomic E-state index is -0.649. The van der Waals surface area contributed by atoms with E-state index < -0.39 is 17.9 Å². The number of carbonyl (C=O) groups is 3. The van der Waals surface area contributed by atoms with Crippen LogP contribution in [0.1, 0.15) is 57.7 Å². The molecule has 0 aliphatic carbocycles. The van der Waals surface area contributed by atoms with Crippen molar-refractivity contribution in [3.05, 3.63) is 101 Å². The van der Waals surface area contributed by atoms with Gasteiger partial charge in [-0.15, -0.1) is 0 Å². The van der Waals surface area contributed by atoms with Crippen molar-refractivity contribution >= 4 is 34.4 Å². The van der Waals surface area contributed by atoms with Gasteiger partial charge in [-0.05, 0) is 55.1 Å². The number of aromatic nitrogens is 1. The summed E-state index contributed by atoms with van der Waals surface area (Å²) in [6, 6.07) is 21.5. The van der Waals surface area contributed by atoms with Gasteiger partial charge in [0.15, 0.2) is 0 Å². The fourth-order valence-corrected chi connectivity index (χ4v) is 5.75. The summed E-state index contributed by atoms with van der Waals surface area (Å²) in [6.45, 7) is 6.96. The molecule has 0 radical (unpaired) electrons. The summed E-state index contributed by atoms with van der Waals surface area (Å²) in [4.78, 5) is 43.9. The number of carbonyl (C=O) groups excluding carboxylic acids is 3. The van der Waals surface area contributed by atoms with Gasteiger partial charge in [-0.3, -0.25) is 9.59 Å². The number of anilines is 1. The highest BCUT2D eigenvalue weighted by Gasteiger charge is 2.43. The second-order valence-corrected chi connectivity index (χ2v) is 10.4. The summed E-state index contributed by atoms with van der Waals surface area (Å²) in [5.74, 6) is -1.40. The molecular weight excluding hydrogens is 516 g/mol. The topological polar surface area (TPSA) is 83.9 Å². The number of ether oxygens (including phenoxy) is 1. The maximum Gasteiger partial charge on any atom is 0.338 e. The van der Waals surface area contributed by atoms with Crippen molar-refractivity contribution in [2.75, 3.05) is 38.6 Å². The SMILES string of the molecule is CCN(CC)CCOC(=O)c1ccc(NC(=O)C2c3ccccc3C(=O)N(C)C2c2cn(C)c3ccccc23)cc1. The Labute approximate surface area is 240 Å². The van der Waals surface area contributed by atoms with E-state index >= 15 is 0 Å². The first-order chi connectivity index (χ1) is 19.8. The van der Waals surface area contributed by atoms with Gasteiger partial charge in [0.25, 0.3) is 5.91 Å². The third-order valence-corrected chi connectivity index (χ3v) is 8.03. The van der Waals surface area contributed by atoms with Crippen LogP contribution < -0.4 is 5.32 Å². The molecule has 5 rings (SSSR count). The van der Waals surface area contributed by atoms with Crippen LogP contribution in [0, 0.1) is 0 Å². The first-order valence-electron chi connectivity index (χ1n) is 14.0. The number of likely N-dealkylation sites (N-methyl/N-ethyl adjacent to an activating group) is 2. The lowest BCUT2D eigenvalue weighted by Gasteiger charge is -2.39. The van der Waals surface area contributed by atoms with Crippen LogP contribution in [0.25, 0.3) is 10.9 Å². The van der Waals surface area contributed by atoms with Crippen LogP contribution in [0.4, 0.5) is 5.69 Å². The van der Waals surface area contributed by atoms with Gasteiger partial charge in [0.05, 0.1) is 17.5 Å². The average Bonchev–Trinajstić information content (AvgIpc) is 3.33. The molecule has 1 aliphatic rings. The number of hydrogen-bond donors (Lipinski definition) is 1. The van der Waals surface area contributed by atoms with E-state index in [1.54, 1.807) is 42.3 Å². The molecule has 1 N–H and O–H groups in total. The lowest BCUT2D eigenvalue weighted by Crippen LogP contribution is -2.44. The maximum absolute atomic E-state index is 14.0. The van der Waals surface area contributed by atoms with E-state index in [0.717, 1.165) is 29.6 Å². The Morgan fingerprint density at radius 3 is 2.32 bits per heavy atom. The highest BCUT2D eigenvalue weighted by atomic mass is 16.5. The standard InChI is InChI=1S/C33H36N4O4/c1-5-37(6-2)19-20-41-33(40)22-15-17-23(18-16-22)34-31(38)29-25-12-7-8-13-26(25)32(39)36(4)30(29)27-21-35(3)28-14-10-9-11-24(27)28/h7-18,21,29-30H,5-6,19-20H2,1-4H3,(H,34,38). The first-order valence-corrected chi connectivity index (χ1v) is 14.0. The molecular formula is C33H36N4O4. The van der Waals surface area contributed by atoms with Crippen LogP contribution >= 0.6 is 0 Å². The van der Waals surface area contributed by atoms with E-state index in [9.17, 15) is 14.4 Å². The van der Waals surface area contributed by atoms with Gasteiger partial charge < -0.3 is 24.4 Å². The quantitative estimate of drug-likeness (QED) is 0.288. The lowest BCUT2D eigenvalue weighted by atomic mass is 9.79. The molecule has 212 valence electrons. The van der Waals surface area contributed by atoms with Gasteiger partial charge in [-0.1, -0.05) is 50.2 Å². The Kier molecular flexibility index (Phi) is 8.21. The molecule has 3 aromatic carbocycles. The second-order valence-electron chi connectivity index (χ2n) is 10.4. The van der Waals surface area contributed by atoms with Gasteiger partial charge in [0.1, 0.15) is 6.61 Å². The van der Waals surface area contributed by atoms with E-state index in [1.807, 2.05) is 60.3 Å². The number of aryl methyl sites for hydroxylation is 1. The normalized spacial score (nSPS) is 16.6. The maximum atomic E-state index is 14.0.